The van der Waals surface area contributed by atoms with Crippen molar-refractivity contribution in [3.8, 4) is 0 Å². The number of nitrogens with one attached hydrogen (secondary N) is 1. The number of carbonyl (C=O) groups excluding carboxylic acids is 1. The third-order valence-electron chi connectivity index (χ3n) is 4.02. The molecule has 1 aromatic carbocycles. The highest BCUT2D eigenvalue weighted by molar-refractivity contribution is 7.89. The van der Waals surface area contributed by atoms with Crippen molar-refractivity contribution in [1.29, 1.82) is 0 Å². The molecule has 1 aromatic rings. The first-order chi connectivity index (χ1) is 10.9. The number of hydrogen-bond acceptors (Lipinski definition) is 3. The number of sulfonamides is 1. The predicted octanol–water partition coefficient (Wildman–Crippen LogP) is 2.60. The van der Waals surface area contributed by atoms with Gasteiger partial charge in [-0.1, -0.05) is 45.2 Å². The molecule has 130 valence electrons. The summed E-state index contributed by atoms with van der Waals surface area (Å²) in [5.41, 5.74) is 0.922. The molecule has 0 spiro atoms. The first-order valence-electron chi connectivity index (χ1n) is 8.25. The van der Waals surface area contributed by atoms with Crippen molar-refractivity contribution in [3.05, 3.63) is 29.8 Å². The SMILES string of the molecule is CCCC[C@@H](CC)CNC(=O)CCc1ccc(S(N)(=O)=O)cc1. The molecule has 1 rings (SSSR count). The molecular weight excluding hydrogens is 312 g/mol. The number of primary sulfonamides is 1. The van der Waals surface area contributed by atoms with Crippen LogP contribution in [0.2, 0.25) is 0 Å². The molecule has 23 heavy (non-hydrogen) atoms. The Kier molecular flexibility index (Phi) is 8.26. The van der Waals surface area contributed by atoms with E-state index < -0.39 is 10.0 Å². The minimum Gasteiger partial charge on any atom is -0.356 e. The van der Waals surface area contributed by atoms with Gasteiger partial charge >= 0.3 is 0 Å². The molecule has 1 amide bonds. The highest BCUT2D eigenvalue weighted by Gasteiger charge is 2.10. The maximum Gasteiger partial charge on any atom is 0.238 e. The van der Waals surface area contributed by atoms with Crippen LogP contribution in [0.25, 0.3) is 0 Å². The van der Waals surface area contributed by atoms with Crippen molar-refractivity contribution < 1.29 is 13.2 Å². The summed E-state index contributed by atoms with van der Waals surface area (Å²) in [6.45, 7) is 5.06. The highest BCUT2D eigenvalue weighted by Crippen LogP contribution is 2.12. The van der Waals surface area contributed by atoms with Gasteiger partial charge in [-0.15, -0.1) is 0 Å². The van der Waals surface area contributed by atoms with Crippen LogP contribution in [-0.4, -0.2) is 20.9 Å². The summed E-state index contributed by atoms with van der Waals surface area (Å²) in [6, 6.07) is 6.34. The molecule has 0 radical (unpaired) electrons. The predicted molar refractivity (Wildman–Crippen MR) is 92.5 cm³/mol. The smallest absolute Gasteiger partial charge is 0.238 e. The standard InChI is InChI=1S/C17H28N2O3S/c1-3-5-6-14(4-2)13-19-17(20)12-9-15-7-10-16(11-8-15)23(18,21)22/h7-8,10-11,14H,3-6,9,12-13H2,1-2H3,(H,19,20)(H2,18,21,22)/t14-/m1/s1. The third-order valence-corrected chi connectivity index (χ3v) is 4.95. The van der Waals surface area contributed by atoms with E-state index in [4.69, 9.17) is 5.14 Å². The topological polar surface area (TPSA) is 89.3 Å². The number of unbranched alkanes of at least 4 members (excludes halogenated alkanes) is 1. The van der Waals surface area contributed by atoms with E-state index in [0.29, 0.717) is 18.8 Å². The number of hydrogen-bond donors (Lipinski definition) is 2. The van der Waals surface area contributed by atoms with Crippen LogP contribution in [0, 0.1) is 5.92 Å². The van der Waals surface area contributed by atoms with Crippen LogP contribution in [0.1, 0.15) is 51.5 Å². The summed E-state index contributed by atoms with van der Waals surface area (Å²) in [4.78, 5) is 12.0. The first kappa shape index (κ1) is 19.6. The van der Waals surface area contributed by atoms with E-state index in [1.807, 2.05) is 0 Å². The van der Waals surface area contributed by atoms with Gasteiger partial charge in [0.1, 0.15) is 0 Å². The van der Waals surface area contributed by atoms with E-state index >= 15 is 0 Å². The summed E-state index contributed by atoms with van der Waals surface area (Å²) in [6.07, 6.45) is 5.60. The summed E-state index contributed by atoms with van der Waals surface area (Å²) in [5.74, 6) is 0.586. The van der Waals surface area contributed by atoms with E-state index in [2.05, 4.69) is 19.2 Å². The van der Waals surface area contributed by atoms with Gasteiger partial charge in [-0.2, -0.15) is 0 Å². The van der Waals surface area contributed by atoms with Gasteiger partial charge in [0.2, 0.25) is 15.9 Å². The van der Waals surface area contributed by atoms with Crippen molar-refractivity contribution in [2.75, 3.05) is 6.54 Å². The van der Waals surface area contributed by atoms with Crippen LogP contribution in [-0.2, 0) is 21.2 Å². The Morgan fingerprint density at radius 1 is 1.22 bits per heavy atom. The van der Waals surface area contributed by atoms with E-state index in [1.54, 1.807) is 12.1 Å². The maximum absolute atomic E-state index is 11.9. The van der Waals surface area contributed by atoms with Gasteiger partial charge in [-0.05, 0) is 36.5 Å². The minimum atomic E-state index is -3.66. The molecule has 6 heteroatoms. The minimum absolute atomic E-state index is 0.0375. The second kappa shape index (κ2) is 9.67. The number of carbonyl (C=O) groups is 1. The summed E-state index contributed by atoms with van der Waals surface area (Å²) in [5, 5.41) is 8.05. The molecule has 0 aliphatic rings. The van der Waals surface area contributed by atoms with Gasteiger partial charge in [0.15, 0.2) is 0 Å². The van der Waals surface area contributed by atoms with Crippen molar-refractivity contribution >= 4 is 15.9 Å². The molecule has 0 aromatic heterocycles. The van der Waals surface area contributed by atoms with Gasteiger partial charge < -0.3 is 5.32 Å². The quantitative estimate of drug-likeness (QED) is 0.686. The lowest BCUT2D eigenvalue weighted by Crippen LogP contribution is -2.29. The van der Waals surface area contributed by atoms with E-state index in [9.17, 15) is 13.2 Å². The fraction of sp³-hybridized carbons (Fsp3) is 0.588. The third kappa shape index (κ3) is 7.61. The Hall–Kier alpha value is -1.40. The normalized spacial score (nSPS) is 12.8. The molecule has 0 fully saturated rings. The average Bonchev–Trinajstić information content (AvgIpc) is 2.52. The van der Waals surface area contributed by atoms with E-state index in [-0.39, 0.29) is 10.8 Å². The monoisotopic (exact) mass is 340 g/mol. The van der Waals surface area contributed by atoms with Crippen LogP contribution in [0.4, 0.5) is 0 Å². The number of nitrogens with two attached hydrogens (primary N) is 1. The summed E-state index contributed by atoms with van der Waals surface area (Å²) >= 11 is 0. The fourth-order valence-corrected chi connectivity index (χ4v) is 2.91. The Bertz CT molecular complexity index is 582. The van der Waals surface area contributed by atoms with Gasteiger partial charge in [-0.3, -0.25) is 4.79 Å². The van der Waals surface area contributed by atoms with Crippen LogP contribution < -0.4 is 10.5 Å². The number of benzene rings is 1. The molecular formula is C17H28N2O3S. The summed E-state index contributed by atoms with van der Waals surface area (Å²) < 4.78 is 22.4. The van der Waals surface area contributed by atoms with Crippen molar-refractivity contribution in [2.45, 2.75) is 57.3 Å². The molecule has 0 unspecified atom stereocenters. The lowest BCUT2D eigenvalue weighted by molar-refractivity contribution is -0.121. The Morgan fingerprint density at radius 2 is 1.87 bits per heavy atom. The van der Waals surface area contributed by atoms with Gasteiger partial charge in [-0.25, -0.2) is 13.6 Å². The molecule has 0 bridgehead atoms. The lowest BCUT2D eigenvalue weighted by Gasteiger charge is -2.15. The van der Waals surface area contributed by atoms with Crippen LogP contribution in [0.3, 0.4) is 0 Å². The fourth-order valence-electron chi connectivity index (χ4n) is 2.39. The van der Waals surface area contributed by atoms with Crippen LogP contribution in [0.5, 0.6) is 0 Å². The first-order valence-corrected chi connectivity index (χ1v) is 9.79. The number of aryl methyl sites for hydroxylation is 1. The van der Waals surface area contributed by atoms with Crippen molar-refractivity contribution in [3.63, 3.8) is 0 Å². The van der Waals surface area contributed by atoms with Gasteiger partial charge in [0, 0.05) is 13.0 Å². The molecule has 0 aliphatic heterocycles. The molecule has 0 saturated carbocycles. The van der Waals surface area contributed by atoms with Crippen molar-refractivity contribution in [2.24, 2.45) is 11.1 Å². The van der Waals surface area contributed by atoms with E-state index in [1.165, 1.54) is 25.0 Å². The maximum atomic E-state index is 11.9. The zero-order valence-corrected chi connectivity index (χ0v) is 14.9. The average molecular weight is 340 g/mol. The van der Waals surface area contributed by atoms with E-state index in [0.717, 1.165) is 24.9 Å². The molecule has 0 aliphatic carbocycles. The van der Waals surface area contributed by atoms with Gasteiger partial charge in [0.05, 0.1) is 4.90 Å². The Balaban J connectivity index is 2.38. The zero-order valence-electron chi connectivity index (χ0n) is 14.0. The lowest BCUT2D eigenvalue weighted by atomic mass is 9.99. The van der Waals surface area contributed by atoms with Crippen molar-refractivity contribution in [1.82, 2.24) is 5.32 Å². The molecule has 5 nitrogen and oxygen atoms in total. The highest BCUT2D eigenvalue weighted by atomic mass is 32.2. The molecule has 3 N–H and O–H groups in total. The molecule has 0 saturated heterocycles. The largest absolute Gasteiger partial charge is 0.356 e. The van der Waals surface area contributed by atoms with Gasteiger partial charge in [0.25, 0.3) is 0 Å². The number of rotatable bonds is 10. The second-order valence-corrected chi connectivity index (χ2v) is 7.47. The second-order valence-electron chi connectivity index (χ2n) is 5.91. The summed E-state index contributed by atoms with van der Waals surface area (Å²) in [7, 11) is -3.66. The Labute approximate surface area is 139 Å². The molecule has 1 atom stereocenters. The molecule has 0 heterocycles. The van der Waals surface area contributed by atoms with Crippen LogP contribution in [0.15, 0.2) is 29.2 Å². The van der Waals surface area contributed by atoms with Crippen LogP contribution >= 0.6 is 0 Å². The Morgan fingerprint density at radius 3 is 2.39 bits per heavy atom. The number of amides is 1. The zero-order chi connectivity index (χ0) is 17.3.